The molecule has 20 heavy (non-hydrogen) atoms. The number of hydrogen-bond acceptors (Lipinski definition) is 5. The number of rotatable bonds is 2. The van der Waals surface area contributed by atoms with Crippen LogP contribution in [-0.2, 0) is 4.74 Å². The van der Waals surface area contributed by atoms with E-state index in [9.17, 15) is 4.79 Å². The summed E-state index contributed by atoms with van der Waals surface area (Å²) in [6.07, 6.45) is 0. The number of morpholine rings is 1. The molecule has 2 aromatic rings. The van der Waals surface area contributed by atoms with E-state index in [2.05, 4.69) is 13.0 Å². The number of carbonyl (C=O) groups is 1. The van der Waals surface area contributed by atoms with Gasteiger partial charge in [0.1, 0.15) is 0 Å². The number of ether oxygens (including phenoxy) is 1. The number of nitrogens with zero attached hydrogens (tertiary/aromatic N) is 1. The Labute approximate surface area is 125 Å². The summed E-state index contributed by atoms with van der Waals surface area (Å²) in [5.74, 6) is 0.0230. The molecule has 2 N–H and O–H groups in total. The van der Waals surface area contributed by atoms with E-state index in [1.807, 2.05) is 15.7 Å². The lowest BCUT2D eigenvalue weighted by Gasteiger charge is -2.27. The van der Waals surface area contributed by atoms with E-state index in [1.165, 1.54) is 16.9 Å². The third-order valence-corrected chi connectivity index (χ3v) is 5.30. The van der Waals surface area contributed by atoms with Crippen LogP contribution < -0.4 is 5.73 Å². The molecule has 0 bridgehead atoms. The monoisotopic (exact) mass is 308 g/mol. The lowest BCUT2D eigenvalue weighted by molar-refractivity contribution is 0.0304. The highest BCUT2D eigenvalue weighted by atomic mass is 32.1. The quantitative estimate of drug-likeness (QED) is 0.928. The minimum atomic E-state index is 0.0230. The van der Waals surface area contributed by atoms with Gasteiger partial charge in [0.15, 0.2) is 0 Å². The molecule has 0 unspecified atom stereocenters. The van der Waals surface area contributed by atoms with Gasteiger partial charge in [-0.05, 0) is 23.9 Å². The van der Waals surface area contributed by atoms with Crippen molar-refractivity contribution < 1.29 is 9.53 Å². The second-order valence-corrected chi connectivity index (χ2v) is 6.55. The van der Waals surface area contributed by atoms with Crippen LogP contribution in [0.5, 0.6) is 0 Å². The Morgan fingerprint density at radius 3 is 2.75 bits per heavy atom. The summed E-state index contributed by atoms with van der Waals surface area (Å²) in [5.41, 5.74) is 8.86. The first kappa shape index (κ1) is 13.6. The van der Waals surface area contributed by atoms with Gasteiger partial charge in [0.2, 0.25) is 0 Å². The first-order valence-corrected chi connectivity index (χ1v) is 8.23. The largest absolute Gasteiger partial charge is 0.390 e. The highest BCUT2D eigenvalue weighted by molar-refractivity contribution is 7.16. The van der Waals surface area contributed by atoms with Gasteiger partial charge in [-0.1, -0.05) is 0 Å². The Morgan fingerprint density at radius 2 is 2.10 bits per heavy atom. The minimum Gasteiger partial charge on any atom is -0.390 e. The van der Waals surface area contributed by atoms with E-state index in [-0.39, 0.29) is 5.91 Å². The molecule has 2 aromatic heterocycles. The van der Waals surface area contributed by atoms with E-state index < -0.39 is 0 Å². The molecule has 3 heterocycles. The van der Waals surface area contributed by atoms with Gasteiger partial charge in [0.05, 0.1) is 23.8 Å². The van der Waals surface area contributed by atoms with Crippen molar-refractivity contribution in [3.8, 4) is 10.4 Å². The topological polar surface area (TPSA) is 55.6 Å². The molecule has 0 spiro atoms. The average molecular weight is 308 g/mol. The normalized spacial score (nSPS) is 15.6. The van der Waals surface area contributed by atoms with Crippen molar-refractivity contribution >= 4 is 33.6 Å². The van der Waals surface area contributed by atoms with Gasteiger partial charge in [-0.15, -0.1) is 22.7 Å². The van der Waals surface area contributed by atoms with Gasteiger partial charge in [-0.25, -0.2) is 0 Å². The van der Waals surface area contributed by atoms with Gasteiger partial charge in [0.25, 0.3) is 5.91 Å². The van der Waals surface area contributed by atoms with E-state index in [0.717, 1.165) is 10.4 Å². The van der Waals surface area contributed by atoms with Crippen LogP contribution in [0.3, 0.4) is 0 Å². The molecule has 0 saturated carbocycles. The van der Waals surface area contributed by atoms with Crippen molar-refractivity contribution in [1.82, 2.24) is 4.90 Å². The Kier molecular flexibility index (Phi) is 3.78. The number of hydrogen-bond donors (Lipinski definition) is 1. The van der Waals surface area contributed by atoms with Crippen molar-refractivity contribution in [3.63, 3.8) is 0 Å². The van der Waals surface area contributed by atoms with Crippen LogP contribution in [-0.4, -0.2) is 37.1 Å². The van der Waals surface area contributed by atoms with Gasteiger partial charge in [-0.2, -0.15) is 0 Å². The zero-order chi connectivity index (χ0) is 14.1. The number of amides is 1. The molecule has 0 aliphatic carbocycles. The van der Waals surface area contributed by atoms with Crippen molar-refractivity contribution in [2.45, 2.75) is 6.92 Å². The maximum Gasteiger partial charge on any atom is 0.257 e. The van der Waals surface area contributed by atoms with Crippen LogP contribution in [0.25, 0.3) is 10.4 Å². The molecule has 6 heteroatoms. The molecule has 0 atom stereocenters. The summed E-state index contributed by atoms with van der Waals surface area (Å²) in [4.78, 5) is 15.7. The molecular weight excluding hydrogens is 292 g/mol. The second kappa shape index (κ2) is 5.55. The maximum absolute atomic E-state index is 12.7. The summed E-state index contributed by atoms with van der Waals surface area (Å²) < 4.78 is 5.30. The summed E-state index contributed by atoms with van der Waals surface area (Å²) in [5, 5.41) is 4.63. The molecule has 0 radical (unpaired) electrons. The Morgan fingerprint density at radius 1 is 1.35 bits per heavy atom. The molecule has 1 aliphatic heterocycles. The molecule has 4 nitrogen and oxygen atoms in total. The number of carbonyl (C=O) groups excluding carboxylic acids is 1. The minimum absolute atomic E-state index is 0.0230. The predicted octanol–water partition coefficient (Wildman–Crippen LogP) is 2.84. The van der Waals surface area contributed by atoms with Crippen LogP contribution >= 0.6 is 22.7 Å². The first-order valence-electron chi connectivity index (χ1n) is 6.47. The fourth-order valence-electron chi connectivity index (χ4n) is 2.33. The highest BCUT2D eigenvalue weighted by Gasteiger charge is 2.26. The van der Waals surface area contributed by atoms with Crippen LogP contribution in [0.2, 0.25) is 0 Å². The Balaban J connectivity index is 1.99. The number of nitrogen functional groups attached to an aromatic ring is 1. The fourth-order valence-corrected chi connectivity index (χ4v) is 4.15. The smallest absolute Gasteiger partial charge is 0.257 e. The third kappa shape index (κ3) is 2.34. The van der Waals surface area contributed by atoms with Crippen LogP contribution in [0.15, 0.2) is 16.8 Å². The van der Waals surface area contributed by atoms with Gasteiger partial charge in [0, 0.05) is 28.9 Å². The second-order valence-electron chi connectivity index (χ2n) is 4.73. The summed E-state index contributed by atoms with van der Waals surface area (Å²) in [6.45, 7) is 4.53. The number of nitrogens with two attached hydrogens (primary N) is 1. The van der Waals surface area contributed by atoms with E-state index in [0.29, 0.717) is 36.9 Å². The molecule has 3 rings (SSSR count). The zero-order valence-corrected chi connectivity index (χ0v) is 12.9. The van der Waals surface area contributed by atoms with Crippen molar-refractivity contribution in [2.75, 3.05) is 32.0 Å². The molecule has 0 aromatic carbocycles. The Bertz CT molecular complexity index is 627. The number of thiophene rings is 2. The highest BCUT2D eigenvalue weighted by Crippen LogP contribution is 2.38. The van der Waals surface area contributed by atoms with Gasteiger partial charge in [-0.3, -0.25) is 4.79 Å². The Hall–Kier alpha value is -1.37. The lowest BCUT2D eigenvalue weighted by Crippen LogP contribution is -2.40. The van der Waals surface area contributed by atoms with Crippen molar-refractivity contribution in [3.05, 3.63) is 28.0 Å². The van der Waals surface area contributed by atoms with Crippen molar-refractivity contribution in [1.29, 1.82) is 0 Å². The number of anilines is 1. The summed E-state index contributed by atoms with van der Waals surface area (Å²) >= 11 is 3.09. The maximum atomic E-state index is 12.7. The van der Waals surface area contributed by atoms with Crippen molar-refractivity contribution in [2.24, 2.45) is 0 Å². The van der Waals surface area contributed by atoms with E-state index in [4.69, 9.17) is 10.5 Å². The standard InChI is InChI=1S/C14H16N2O2S2/c1-9-2-7-19-12(9)10-8-20-13(15)11(10)14(17)16-3-5-18-6-4-16/h2,7-8H,3-6,15H2,1H3. The molecule has 1 fully saturated rings. The summed E-state index contributed by atoms with van der Waals surface area (Å²) in [6, 6.07) is 2.07. The van der Waals surface area contributed by atoms with Crippen LogP contribution in [0.1, 0.15) is 15.9 Å². The molecule has 1 aliphatic rings. The van der Waals surface area contributed by atoms with Crippen LogP contribution in [0, 0.1) is 6.92 Å². The van der Waals surface area contributed by atoms with E-state index in [1.54, 1.807) is 11.3 Å². The van der Waals surface area contributed by atoms with E-state index >= 15 is 0 Å². The lowest BCUT2D eigenvalue weighted by atomic mass is 10.1. The van der Waals surface area contributed by atoms with Gasteiger partial charge < -0.3 is 15.4 Å². The SMILES string of the molecule is Cc1ccsc1-c1csc(N)c1C(=O)N1CCOCC1. The summed E-state index contributed by atoms with van der Waals surface area (Å²) in [7, 11) is 0. The fraction of sp³-hybridized carbons (Fsp3) is 0.357. The molecule has 106 valence electrons. The molecule has 1 saturated heterocycles. The number of aryl methyl sites for hydroxylation is 1. The zero-order valence-electron chi connectivity index (χ0n) is 11.2. The average Bonchev–Trinajstić information content (AvgIpc) is 3.05. The van der Waals surface area contributed by atoms with Crippen LogP contribution in [0.4, 0.5) is 5.00 Å². The molecular formula is C14H16N2O2S2. The predicted molar refractivity (Wildman–Crippen MR) is 83.5 cm³/mol. The first-order chi connectivity index (χ1) is 9.68. The third-order valence-electron chi connectivity index (χ3n) is 3.44. The van der Waals surface area contributed by atoms with Gasteiger partial charge >= 0.3 is 0 Å². The molecule has 1 amide bonds.